The molecular formula is C25H24N2O3. The van der Waals surface area contributed by atoms with Gasteiger partial charge in [0.25, 0.3) is 0 Å². The van der Waals surface area contributed by atoms with Gasteiger partial charge < -0.3 is 14.8 Å². The van der Waals surface area contributed by atoms with Crippen LogP contribution in [0.3, 0.4) is 0 Å². The molecule has 1 heterocycles. The van der Waals surface area contributed by atoms with Crippen molar-refractivity contribution in [3.8, 4) is 5.75 Å². The van der Waals surface area contributed by atoms with Gasteiger partial charge in [0.2, 0.25) is 0 Å². The van der Waals surface area contributed by atoms with E-state index in [0.717, 1.165) is 33.3 Å². The first-order valence-electron chi connectivity index (χ1n) is 9.96. The molecule has 0 aliphatic heterocycles. The van der Waals surface area contributed by atoms with E-state index in [0.29, 0.717) is 19.6 Å². The number of aromatic nitrogens is 1. The van der Waals surface area contributed by atoms with Gasteiger partial charge >= 0.3 is 5.97 Å². The van der Waals surface area contributed by atoms with Gasteiger partial charge in [-0.3, -0.25) is 10.1 Å². The number of hydrogen-bond donors (Lipinski definition) is 3. The smallest absolute Gasteiger partial charge is 0.321 e. The van der Waals surface area contributed by atoms with Gasteiger partial charge in [-0.25, -0.2) is 0 Å². The molecule has 0 aliphatic carbocycles. The summed E-state index contributed by atoms with van der Waals surface area (Å²) in [5.41, 5.74) is 4.01. The van der Waals surface area contributed by atoms with E-state index in [1.165, 1.54) is 0 Å². The van der Waals surface area contributed by atoms with Crippen LogP contribution in [0.5, 0.6) is 5.75 Å². The lowest BCUT2D eigenvalue weighted by atomic mass is 10.0. The van der Waals surface area contributed by atoms with Crippen molar-refractivity contribution in [2.24, 2.45) is 0 Å². The zero-order valence-corrected chi connectivity index (χ0v) is 16.5. The van der Waals surface area contributed by atoms with Gasteiger partial charge in [0.1, 0.15) is 18.4 Å². The number of rotatable bonds is 9. The third-order valence-corrected chi connectivity index (χ3v) is 5.15. The van der Waals surface area contributed by atoms with Crippen molar-refractivity contribution in [2.75, 3.05) is 0 Å². The predicted molar refractivity (Wildman–Crippen MR) is 117 cm³/mol. The zero-order valence-electron chi connectivity index (χ0n) is 16.5. The minimum Gasteiger partial charge on any atom is -0.489 e. The number of aromatic amines is 1. The minimum atomic E-state index is -0.872. The highest BCUT2D eigenvalue weighted by Gasteiger charge is 2.20. The number of carbonyl (C=O) groups is 1. The maximum Gasteiger partial charge on any atom is 0.321 e. The monoisotopic (exact) mass is 400 g/mol. The fourth-order valence-electron chi connectivity index (χ4n) is 3.53. The molecule has 0 radical (unpaired) electrons. The summed E-state index contributed by atoms with van der Waals surface area (Å²) in [5.74, 6) is -0.118. The maximum atomic E-state index is 11.9. The largest absolute Gasteiger partial charge is 0.489 e. The molecule has 4 rings (SSSR count). The summed E-state index contributed by atoms with van der Waals surface area (Å²) < 4.78 is 5.99. The van der Waals surface area contributed by atoms with Crippen molar-refractivity contribution < 1.29 is 14.6 Å². The van der Waals surface area contributed by atoms with E-state index in [-0.39, 0.29) is 0 Å². The number of benzene rings is 3. The van der Waals surface area contributed by atoms with Crippen LogP contribution in [0.4, 0.5) is 0 Å². The lowest BCUT2D eigenvalue weighted by molar-refractivity contribution is -0.139. The van der Waals surface area contributed by atoms with E-state index in [4.69, 9.17) is 4.74 Å². The Balaban J connectivity index is 1.43. The molecule has 0 saturated carbocycles. The molecule has 1 atom stereocenters. The van der Waals surface area contributed by atoms with E-state index >= 15 is 0 Å². The Labute approximate surface area is 175 Å². The first kappa shape index (κ1) is 19.7. The summed E-state index contributed by atoms with van der Waals surface area (Å²) in [7, 11) is 0. The van der Waals surface area contributed by atoms with Crippen molar-refractivity contribution in [1.29, 1.82) is 0 Å². The molecule has 0 aliphatic rings. The summed E-state index contributed by atoms with van der Waals surface area (Å²) in [6.07, 6.45) is 2.28. The first-order chi connectivity index (χ1) is 14.7. The van der Waals surface area contributed by atoms with Crippen LogP contribution in [0.1, 0.15) is 16.7 Å². The Morgan fingerprint density at radius 1 is 0.933 bits per heavy atom. The quantitative estimate of drug-likeness (QED) is 0.386. The van der Waals surface area contributed by atoms with Crippen molar-refractivity contribution >= 4 is 16.9 Å². The Hall–Kier alpha value is -3.57. The number of fused-ring (bicyclic) bond motifs is 1. The van der Waals surface area contributed by atoms with Crippen LogP contribution < -0.4 is 10.1 Å². The Morgan fingerprint density at radius 2 is 1.67 bits per heavy atom. The molecule has 5 heteroatoms. The molecule has 0 amide bonds. The van der Waals surface area contributed by atoms with Crippen LogP contribution in [0.2, 0.25) is 0 Å². The van der Waals surface area contributed by atoms with E-state index in [1.807, 2.05) is 85.1 Å². The molecular weight excluding hydrogens is 376 g/mol. The Morgan fingerprint density at radius 3 is 2.50 bits per heavy atom. The molecule has 4 aromatic rings. The van der Waals surface area contributed by atoms with Crippen molar-refractivity contribution in [2.45, 2.75) is 25.6 Å². The van der Waals surface area contributed by atoms with Crippen molar-refractivity contribution in [3.63, 3.8) is 0 Å². The summed E-state index contributed by atoms with van der Waals surface area (Å²) in [6, 6.07) is 24.9. The number of H-pyrrole nitrogens is 1. The van der Waals surface area contributed by atoms with Gasteiger partial charge in [0.05, 0.1) is 0 Å². The number of hydrogen-bond acceptors (Lipinski definition) is 3. The second kappa shape index (κ2) is 9.29. The molecule has 152 valence electrons. The average Bonchev–Trinajstić information content (AvgIpc) is 3.19. The second-order valence-corrected chi connectivity index (χ2v) is 7.22. The normalized spacial score (nSPS) is 12.0. The van der Waals surface area contributed by atoms with Gasteiger partial charge in [-0.2, -0.15) is 0 Å². The fraction of sp³-hybridized carbons (Fsp3) is 0.160. The maximum absolute atomic E-state index is 11.9. The molecule has 3 N–H and O–H groups in total. The van der Waals surface area contributed by atoms with Crippen LogP contribution in [-0.4, -0.2) is 22.1 Å². The summed E-state index contributed by atoms with van der Waals surface area (Å²) in [5, 5.41) is 14.0. The van der Waals surface area contributed by atoms with Crippen LogP contribution in [0.25, 0.3) is 10.9 Å². The molecule has 1 aromatic heterocycles. The zero-order chi connectivity index (χ0) is 20.8. The minimum absolute atomic E-state index is 0.395. The lowest BCUT2D eigenvalue weighted by Gasteiger charge is -2.16. The van der Waals surface area contributed by atoms with Gasteiger partial charge in [0, 0.05) is 35.6 Å². The van der Waals surface area contributed by atoms with Crippen molar-refractivity contribution in [3.05, 3.63) is 102 Å². The highest BCUT2D eigenvalue weighted by molar-refractivity contribution is 5.84. The van der Waals surface area contributed by atoms with Crippen molar-refractivity contribution in [1.82, 2.24) is 10.3 Å². The number of para-hydroxylation sites is 2. The van der Waals surface area contributed by atoms with Crippen LogP contribution in [0.15, 0.2) is 85.1 Å². The molecule has 0 fully saturated rings. The summed E-state index contributed by atoms with van der Waals surface area (Å²) in [6.45, 7) is 0.875. The SMILES string of the molecule is O=C(O)C(Cc1c[nH]c2ccccc12)NCc1ccccc1OCc1ccccc1. The third-order valence-electron chi connectivity index (χ3n) is 5.15. The molecule has 30 heavy (non-hydrogen) atoms. The predicted octanol–water partition coefficient (Wildman–Crippen LogP) is 4.53. The van der Waals surface area contributed by atoms with Gasteiger partial charge in [-0.15, -0.1) is 0 Å². The lowest BCUT2D eigenvalue weighted by Crippen LogP contribution is -2.38. The van der Waals surface area contributed by atoms with Gasteiger partial charge in [-0.1, -0.05) is 66.7 Å². The van der Waals surface area contributed by atoms with Gasteiger partial charge in [-0.05, 0) is 23.3 Å². The molecule has 1 unspecified atom stereocenters. The first-order valence-corrected chi connectivity index (χ1v) is 9.96. The van der Waals surface area contributed by atoms with E-state index < -0.39 is 12.0 Å². The number of aliphatic carboxylic acids is 1. The Kier molecular flexibility index (Phi) is 6.11. The highest BCUT2D eigenvalue weighted by atomic mass is 16.5. The average molecular weight is 400 g/mol. The molecule has 3 aromatic carbocycles. The Bertz CT molecular complexity index is 1120. The number of carboxylic acids is 1. The summed E-state index contributed by atoms with van der Waals surface area (Å²) >= 11 is 0. The second-order valence-electron chi connectivity index (χ2n) is 7.22. The molecule has 5 nitrogen and oxygen atoms in total. The van der Waals surface area contributed by atoms with E-state index in [1.54, 1.807) is 0 Å². The van der Waals surface area contributed by atoms with E-state index in [9.17, 15) is 9.90 Å². The topological polar surface area (TPSA) is 74.3 Å². The van der Waals surface area contributed by atoms with Crippen LogP contribution >= 0.6 is 0 Å². The number of carboxylic acid groups (broad SMARTS) is 1. The fourth-order valence-corrected chi connectivity index (χ4v) is 3.53. The number of nitrogens with one attached hydrogen (secondary N) is 2. The number of ether oxygens (including phenoxy) is 1. The van der Waals surface area contributed by atoms with Crippen LogP contribution in [-0.2, 0) is 24.4 Å². The van der Waals surface area contributed by atoms with E-state index in [2.05, 4.69) is 10.3 Å². The van der Waals surface area contributed by atoms with Crippen LogP contribution in [0, 0.1) is 0 Å². The molecule has 0 saturated heterocycles. The van der Waals surface area contributed by atoms with Gasteiger partial charge in [0.15, 0.2) is 0 Å². The molecule has 0 bridgehead atoms. The highest BCUT2D eigenvalue weighted by Crippen LogP contribution is 2.21. The summed E-state index contributed by atoms with van der Waals surface area (Å²) in [4.78, 5) is 15.1. The third kappa shape index (κ3) is 4.70. The molecule has 0 spiro atoms. The standard InChI is InChI=1S/C25H24N2O3/c28-25(29)23(14-20-16-26-22-12-6-5-11-21(20)22)27-15-19-10-4-7-13-24(19)30-17-18-8-2-1-3-9-18/h1-13,16,23,26-27H,14-15,17H2,(H,28,29).